The number of hydrogen-bond acceptors (Lipinski definition) is 5. The largest absolute Gasteiger partial charge is 0.362 e. The van der Waals surface area contributed by atoms with E-state index in [4.69, 9.17) is 0 Å². The van der Waals surface area contributed by atoms with Crippen LogP contribution in [0.15, 0.2) is 24.3 Å². The fourth-order valence-electron chi connectivity index (χ4n) is 5.19. The molecule has 1 spiro atoms. The van der Waals surface area contributed by atoms with Crippen LogP contribution in [-0.2, 0) is 4.79 Å². The number of carbonyl (C=O) groups excluding carboxylic acids is 2. The van der Waals surface area contributed by atoms with Crippen molar-refractivity contribution in [2.75, 3.05) is 10.6 Å². The maximum Gasteiger partial charge on any atom is 0.255 e. The third-order valence-electron chi connectivity index (χ3n) is 6.74. The first-order valence-electron chi connectivity index (χ1n) is 9.90. The Balaban J connectivity index is 1.35. The lowest BCUT2D eigenvalue weighted by atomic mass is 9.58. The van der Waals surface area contributed by atoms with E-state index < -0.39 is 5.66 Å². The molecule has 0 unspecified atom stereocenters. The van der Waals surface area contributed by atoms with Gasteiger partial charge in [-0.05, 0) is 57.6 Å². The van der Waals surface area contributed by atoms with E-state index >= 15 is 0 Å². The molecule has 3 N–H and O–H groups in total. The van der Waals surface area contributed by atoms with Gasteiger partial charge in [-0.25, -0.2) is 4.98 Å². The first-order valence-corrected chi connectivity index (χ1v) is 10.7. The van der Waals surface area contributed by atoms with Gasteiger partial charge in [0.15, 0.2) is 5.13 Å². The van der Waals surface area contributed by atoms with Gasteiger partial charge in [-0.1, -0.05) is 12.1 Å². The number of aryl methyl sites for hydroxylation is 2. The Kier molecular flexibility index (Phi) is 3.98. The summed E-state index contributed by atoms with van der Waals surface area (Å²) in [4.78, 5) is 31.2. The van der Waals surface area contributed by atoms with Crippen LogP contribution in [0.5, 0.6) is 0 Å². The molecular formula is C21H24N4O2S. The van der Waals surface area contributed by atoms with Crippen LogP contribution in [0.3, 0.4) is 0 Å². The molecule has 7 heteroatoms. The van der Waals surface area contributed by atoms with Crippen molar-refractivity contribution in [1.82, 2.24) is 10.3 Å². The van der Waals surface area contributed by atoms with Crippen molar-refractivity contribution >= 4 is 34.0 Å². The summed E-state index contributed by atoms with van der Waals surface area (Å²) in [6.45, 7) is 3.98. The lowest BCUT2D eigenvalue weighted by Crippen LogP contribution is -2.67. The van der Waals surface area contributed by atoms with Crippen LogP contribution in [0.1, 0.15) is 46.6 Å². The average Bonchev–Trinajstić information content (AvgIpc) is 2.99. The van der Waals surface area contributed by atoms with Crippen molar-refractivity contribution in [2.45, 2.75) is 45.2 Å². The second-order valence-corrected chi connectivity index (χ2v) is 9.53. The molecule has 1 aromatic heterocycles. The summed E-state index contributed by atoms with van der Waals surface area (Å²) in [5, 5.41) is 10.6. The van der Waals surface area contributed by atoms with E-state index in [1.165, 1.54) is 11.3 Å². The zero-order valence-corrected chi connectivity index (χ0v) is 16.9. The van der Waals surface area contributed by atoms with Crippen LogP contribution in [-0.4, -0.2) is 22.5 Å². The molecule has 0 radical (unpaired) electrons. The number of carbonyl (C=O) groups is 2. The number of aromatic nitrogens is 1. The predicted molar refractivity (Wildman–Crippen MR) is 109 cm³/mol. The minimum Gasteiger partial charge on any atom is -0.362 e. The number of anilines is 2. The minimum atomic E-state index is -0.431. The highest BCUT2D eigenvalue weighted by Crippen LogP contribution is 2.52. The molecule has 1 aromatic carbocycles. The SMILES string of the molecule is Cc1nc(NC(=O)[C@H]2C[C@@H]3CC[C@@H]2C[C@@]32NC(=O)c3ccccc3N2)sc1C. The predicted octanol–water partition coefficient (Wildman–Crippen LogP) is 3.69. The number of fused-ring (bicyclic) bond motifs is 3. The molecule has 2 amide bonds. The van der Waals surface area contributed by atoms with Crippen molar-refractivity contribution in [3.63, 3.8) is 0 Å². The van der Waals surface area contributed by atoms with Gasteiger partial charge < -0.3 is 16.0 Å². The Labute approximate surface area is 168 Å². The van der Waals surface area contributed by atoms with E-state index in [1.807, 2.05) is 38.1 Å². The number of rotatable bonds is 2. The topological polar surface area (TPSA) is 83.1 Å². The molecule has 0 saturated heterocycles. The van der Waals surface area contributed by atoms with Crippen LogP contribution < -0.4 is 16.0 Å². The summed E-state index contributed by atoms with van der Waals surface area (Å²) < 4.78 is 0. The van der Waals surface area contributed by atoms with Crippen LogP contribution in [0.25, 0.3) is 0 Å². The first kappa shape index (κ1) is 17.7. The highest BCUT2D eigenvalue weighted by Gasteiger charge is 2.55. The molecule has 28 heavy (non-hydrogen) atoms. The third kappa shape index (κ3) is 2.71. The number of amides is 2. The monoisotopic (exact) mass is 396 g/mol. The molecule has 146 valence electrons. The van der Waals surface area contributed by atoms with Gasteiger partial charge in [0.25, 0.3) is 5.91 Å². The van der Waals surface area contributed by atoms with E-state index in [0.717, 1.165) is 41.9 Å². The average molecular weight is 397 g/mol. The Hall–Kier alpha value is -2.41. The molecule has 4 aliphatic rings. The molecule has 2 bridgehead atoms. The Bertz CT molecular complexity index is 952. The fraction of sp³-hybridized carbons (Fsp3) is 0.476. The molecular weight excluding hydrogens is 372 g/mol. The molecule has 6 nitrogen and oxygen atoms in total. The van der Waals surface area contributed by atoms with E-state index in [1.54, 1.807) is 0 Å². The van der Waals surface area contributed by atoms with Crippen LogP contribution in [0.2, 0.25) is 0 Å². The molecule has 6 rings (SSSR count). The van der Waals surface area contributed by atoms with E-state index in [0.29, 0.717) is 10.7 Å². The molecule has 2 aromatic rings. The second-order valence-electron chi connectivity index (χ2n) is 8.33. The van der Waals surface area contributed by atoms with Crippen molar-refractivity contribution < 1.29 is 9.59 Å². The standard InChI is InChI=1S/C21H24N4O2S/c1-11-12(2)28-20(22-11)23-18(26)16-9-14-8-7-13(16)10-21(14)24-17-6-4-3-5-15(17)19(27)25-21/h3-6,13-14,16,24H,7-10H2,1-2H3,(H,25,27)(H,22,23,26)/t13-,14+,16+,21-/m1/s1. The zero-order chi connectivity index (χ0) is 19.5. The van der Waals surface area contributed by atoms with Gasteiger partial charge >= 0.3 is 0 Å². The molecule has 2 heterocycles. The lowest BCUT2D eigenvalue weighted by molar-refractivity contribution is -0.126. The van der Waals surface area contributed by atoms with Gasteiger partial charge in [0, 0.05) is 22.4 Å². The lowest BCUT2D eigenvalue weighted by Gasteiger charge is -2.56. The van der Waals surface area contributed by atoms with Crippen molar-refractivity contribution in [3.8, 4) is 0 Å². The van der Waals surface area contributed by atoms with E-state index in [-0.39, 0.29) is 29.6 Å². The highest BCUT2D eigenvalue weighted by molar-refractivity contribution is 7.15. The first-order chi connectivity index (χ1) is 13.4. The molecule has 3 saturated carbocycles. The minimum absolute atomic E-state index is 0.0170. The number of nitrogens with one attached hydrogen (secondary N) is 3. The van der Waals surface area contributed by atoms with E-state index in [2.05, 4.69) is 20.9 Å². The third-order valence-corrected chi connectivity index (χ3v) is 7.72. The van der Waals surface area contributed by atoms with Crippen LogP contribution >= 0.6 is 11.3 Å². The number of para-hydroxylation sites is 1. The van der Waals surface area contributed by atoms with Gasteiger partial charge in [-0.3, -0.25) is 9.59 Å². The second kappa shape index (κ2) is 6.30. The number of nitrogens with zero attached hydrogens (tertiary/aromatic N) is 1. The fourth-order valence-corrected chi connectivity index (χ4v) is 6.01. The maximum atomic E-state index is 13.0. The van der Waals surface area contributed by atoms with Gasteiger partial charge in [-0.15, -0.1) is 11.3 Å². The summed E-state index contributed by atoms with van der Waals surface area (Å²) >= 11 is 1.53. The van der Waals surface area contributed by atoms with Crippen LogP contribution in [0.4, 0.5) is 10.8 Å². The number of hydrogen-bond donors (Lipinski definition) is 3. The number of benzene rings is 1. The maximum absolute atomic E-state index is 13.0. The molecule has 1 aliphatic heterocycles. The van der Waals surface area contributed by atoms with E-state index in [9.17, 15) is 9.59 Å². The highest BCUT2D eigenvalue weighted by atomic mass is 32.1. The summed E-state index contributed by atoms with van der Waals surface area (Å²) in [7, 11) is 0. The normalized spacial score (nSPS) is 30.5. The molecule has 3 fully saturated rings. The summed E-state index contributed by atoms with van der Waals surface area (Å²) in [6, 6.07) is 7.65. The van der Waals surface area contributed by atoms with Gasteiger partial charge in [-0.2, -0.15) is 0 Å². The molecule has 4 atom stereocenters. The smallest absolute Gasteiger partial charge is 0.255 e. The summed E-state index contributed by atoms with van der Waals surface area (Å²) in [5.41, 5.74) is 2.13. The zero-order valence-electron chi connectivity index (χ0n) is 16.0. The van der Waals surface area contributed by atoms with Crippen molar-refractivity contribution in [1.29, 1.82) is 0 Å². The quantitative estimate of drug-likeness (QED) is 0.723. The van der Waals surface area contributed by atoms with Crippen molar-refractivity contribution in [3.05, 3.63) is 40.4 Å². The van der Waals surface area contributed by atoms with Gasteiger partial charge in [0.1, 0.15) is 5.66 Å². The van der Waals surface area contributed by atoms with Gasteiger partial charge in [0.05, 0.1) is 11.3 Å². The molecule has 3 aliphatic carbocycles. The van der Waals surface area contributed by atoms with Gasteiger partial charge in [0.2, 0.25) is 5.91 Å². The Morgan fingerprint density at radius 3 is 2.79 bits per heavy atom. The Morgan fingerprint density at radius 2 is 2.07 bits per heavy atom. The summed E-state index contributed by atoms with van der Waals surface area (Å²) in [6.07, 6.45) is 3.63. The van der Waals surface area contributed by atoms with Crippen LogP contribution in [0, 0.1) is 31.6 Å². The number of thiazole rings is 1. The Morgan fingerprint density at radius 1 is 1.25 bits per heavy atom. The van der Waals surface area contributed by atoms with Crippen molar-refractivity contribution in [2.24, 2.45) is 17.8 Å². The summed E-state index contributed by atoms with van der Waals surface area (Å²) in [5.74, 6) is 0.526.